The Morgan fingerprint density at radius 3 is 1.14 bits per heavy atom. The van der Waals surface area contributed by atoms with Gasteiger partial charge >= 0.3 is 30.5 Å². The molecule has 0 aliphatic rings. The number of aliphatic imine (C=N–C) groups is 1. The maximum absolute atomic E-state index is 14.1. The van der Waals surface area contributed by atoms with Gasteiger partial charge in [-0.3, -0.25) is 21.5 Å². The summed E-state index contributed by atoms with van der Waals surface area (Å²) < 4.78 is 39.8. The van der Waals surface area contributed by atoms with Crippen molar-refractivity contribution in [3.05, 3.63) is 58.7 Å². The molecule has 0 unspecified atom stereocenters. The van der Waals surface area contributed by atoms with Crippen molar-refractivity contribution in [2.75, 3.05) is 26.3 Å². The molecule has 0 heterocycles. The minimum atomic E-state index is -1.05. The quantitative estimate of drug-likeness (QED) is 0.0598. The lowest BCUT2D eigenvalue weighted by molar-refractivity contribution is 0.0268. The highest BCUT2D eigenvalue weighted by molar-refractivity contribution is 6.06. The molecule has 0 aliphatic carbocycles. The van der Waals surface area contributed by atoms with Crippen LogP contribution in [0, 0.1) is 24.7 Å². The van der Waals surface area contributed by atoms with Crippen LogP contribution in [0.2, 0.25) is 0 Å². The zero-order chi connectivity index (χ0) is 52.7. The molecule has 19 nitrogen and oxygen atoms in total. The van der Waals surface area contributed by atoms with E-state index in [2.05, 4.69) is 15.6 Å². The second-order valence-corrected chi connectivity index (χ2v) is 21.2. The summed E-state index contributed by atoms with van der Waals surface area (Å²) in [6.07, 6.45) is -2.85. The fourth-order valence-electron chi connectivity index (χ4n) is 5.81. The average molecular weight is 968 g/mol. The highest BCUT2D eigenvalue weighted by atomic mass is 16.6. The van der Waals surface area contributed by atoms with Gasteiger partial charge in [-0.15, -0.1) is 4.99 Å². The van der Waals surface area contributed by atoms with E-state index in [9.17, 15) is 24.0 Å². The van der Waals surface area contributed by atoms with Gasteiger partial charge in [0.2, 0.25) is 5.96 Å². The number of unbranched alkanes of at least 4 members (excludes halogenated alkanes) is 2. The predicted octanol–water partition coefficient (Wildman–Crippen LogP) is 10.8. The molecule has 0 radical (unpaired) electrons. The number of aryl methyl sites for hydroxylation is 2. The number of guanidine groups is 1. The second-order valence-electron chi connectivity index (χ2n) is 21.2. The summed E-state index contributed by atoms with van der Waals surface area (Å²) in [6, 6.07) is 10.1. The van der Waals surface area contributed by atoms with Crippen molar-refractivity contribution < 1.29 is 57.1 Å². The molecule has 0 atom stereocenters. The van der Waals surface area contributed by atoms with E-state index in [0.717, 1.165) is 9.80 Å². The van der Waals surface area contributed by atoms with Crippen molar-refractivity contribution in [2.24, 2.45) is 4.99 Å². The maximum atomic E-state index is 14.1. The van der Waals surface area contributed by atoms with Crippen LogP contribution in [0.5, 0.6) is 11.5 Å². The number of amides is 5. The van der Waals surface area contributed by atoms with Gasteiger partial charge in [-0.1, -0.05) is 0 Å². The van der Waals surface area contributed by atoms with Crippen LogP contribution in [0.4, 0.5) is 24.0 Å². The lowest BCUT2D eigenvalue weighted by Gasteiger charge is -2.34. The number of hydrogen-bond acceptors (Lipinski definition) is 14. The molecule has 384 valence electrons. The van der Waals surface area contributed by atoms with Crippen LogP contribution in [-0.4, -0.2) is 112 Å². The first kappa shape index (κ1) is 58.7. The Balaban J connectivity index is 2.36. The summed E-state index contributed by atoms with van der Waals surface area (Å²) in [5, 5.41) is 21.5. The summed E-state index contributed by atoms with van der Waals surface area (Å²) in [5.74, 6) is 0.469. The number of amidine groups is 2. The third-order valence-electron chi connectivity index (χ3n) is 8.54. The molecule has 5 amide bonds. The van der Waals surface area contributed by atoms with E-state index < -0.39 is 58.5 Å². The SMILES string of the molecule is Cc1cc(C(=N)NC(=O)OC(C)(C)C)ccc1OCCCCN(C(=O)OC(C)(C)C)C(=NC(=O)OC(C)(C)C)N(CCCCOc1ccc(C(=N)NC(=O)OC(C)(C)C)cc1C)C(=O)OC(C)(C)C. The standard InChI is InChI=1S/C50H77N7O12/c1-32-30-34(38(51)53-41(58)65-46(3,4)5)22-24-36(32)63-28-20-18-26-56(44(61)68-49(12,13)14)40(55-43(60)67-48(9,10)11)57(45(62)69-50(15,16)17)27-19-21-29-64-37-25-23-35(31-33(37)2)39(52)54-42(59)66-47(6,7)8/h22-25,30-31H,18-21,26-29H2,1-17H3,(H2,51,53,58)(H2,52,54,59). The largest absolute Gasteiger partial charge is 0.493 e. The number of carbonyl (C=O) groups is 5. The number of rotatable bonds is 14. The van der Waals surface area contributed by atoms with E-state index in [4.69, 9.17) is 44.0 Å². The highest BCUT2D eigenvalue weighted by Gasteiger charge is 2.35. The van der Waals surface area contributed by atoms with Gasteiger partial charge in [0.05, 0.1) is 13.2 Å². The molecule has 0 saturated heterocycles. The van der Waals surface area contributed by atoms with Gasteiger partial charge < -0.3 is 33.2 Å². The van der Waals surface area contributed by atoms with E-state index in [-0.39, 0.29) is 43.9 Å². The Bertz CT molecular complexity index is 2040. The molecule has 19 heteroatoms. The summed E-state index contributed by atoms with van der Waals surface area (Å²) in [7, 11) is 0. The van der Waals surface area contributed by atoms with Crippen LogP contribution in [-0.2, 0) is 23.7 Å². The number of nitrogens with one attached hydrogen (secondary N) is 4. The molecule has 2 aromatic carbocycles. The van der Waals surface area contributed by atoms with Gasteiger partial charge in [0.15, 0.2) is 0 Å². The molecule has 69 heavy (non-hydrogen) atoms. The molecule has 0 spiro atoms. The van der Waals surface area contributed by atoms with Crippen molar-refractivity contribution in [2.45, 2.75) is 171 Å². The first-order chi connectivity index (χ1) is 31.5. The lowest BCUT2D eigenvalue weighted by atomic mass is 10.1. The van der Waals surface area contributed by atoms with Crippen molar-refractivity contribution in [3.63, 3.8) is 0 Å². The smallest absolute Gasteiger partial charge is 0.437 e. The van der Waals surface area contributed by atoms with E-state index in [0.29, 0.717) is 59.4 Å². The van der Waals surface area contributed by atoms with Crippen molar-refractivity contribution in [1.29, 1.82) is 10.8 Å². The zero-order valence-corrected chi connectivity index (χ0v) is 43.9. The Hall–Kier alpha value is -6.40. The zero-order valence-electron chi connectivity index (χ0n) is 43.9. The number of carbonyl (C=O) groups excluding carboxylic acids is 5. The highest BCUT2D eigenvalue weighted by Crippen LogP contribution is 2.23. The molecule has 2 rings (SSSR count). The molecule has 0 aromatic heterocycles. The first-order valence-electron chi connectivity index (χ1n) is 23.0. The number of hydrogen-bond donors (Lipinski definition) is 4. The second kappa shape index (κ2) is 24.8. The number of ether oxygens (including phenoxy) is 7. The average Bonchev–Trinajstić information content (AvgIpc) is 3.14. The normalized spacial score (nSPS) is 11.8. The van der Waals surface area contributed by atoms with Crippen LogP contribution in [0.25, 0.3) is 0 Å². The molecular formula is C50H77N7O12. The minimum absolute atomic E-state index is 0.0617. The van der Waals surface area contributed by atoms with Gasteiger partial charge in [0, 0.05) is 24.2 Å². The topological polar surface area (TPSA) is 241 Å². The molecule has 2 aromatic rings. The molecule has 0 bridgehead atoms. The van der Waals surface area contributed by atoms with E-state index in [1.165, 1.54) is 0 Å². The minimum Gasteiger partial charge on any atom is -0.493 e. The fourth-order valence-corrected chi connectivity index (χ4v) is 5.81. The van der Waals surface area contributed by atoms with Crippen LogP contribution >= 0.6 is 0 Å². The number of alkyl carbamates (subject to hydrolysis) is 2. The predicted molar refractivity (Wildman–Crippen MR) is 264 cm³/mol. The van der Waals surface area contributed by atoms with Crippen LogP contribution in [0.15, 0.2) is 41.4 Å². The van der Waals surface area contributed by atoms with E-state index in [1.807, 2.05) is 13.8 Å². The summed E-state index contributed by atoms with van der Waals surface area (Å²) in [5.41, 5.74) is -2.04. The van der Waals surface area contributed by atoms with Gasteiger partial charge in [0.25, 0.3) is 0 Å². The van der Waals surface area contributed by atoms with Gasteiger partial charge in [-0.05, 0) is 191 Å². The Morgan fingerprint density at radius 2 is 0.841 bits per heavy atom. The van der Waals surface area contributed by atoms with Crippen LogP contribution in [0.1, 0.15) is 152 Å². The molecule has 4 N–H and O–H groups in total. The van der Waals surface area contributed by atoms with Crippen molar-refractivity contribution in [1.82, 2.24) is 20.4 Å². The fraction of sp³-hybridized carbons (Fsp3) is 0.600. The molecule has 0 aliphatic heterocycles. The summed E-state index contributed by atoms with van der Waals surface area (Å²) >= 11 is 0. The Kier molecular flexibility index (Phi) is 21.1. The summed E-state index contributed by atoms with van der Waals surface area (Å²) in [6.45, 7) is 29.4. The Labute approximate surface area is 408 Å². The van der Waals surface area contributed by atoms with Crippen LogP contribution < -0.4 is 20.1 Å². The van der Waals surface area contributed by atoms with Crippen LogP contribution in [0.3, 0.4) is 0 Å². The summed E-state index contributed by atoms with van der Waals surface area (Å²) in [4.78, 5) is 72.6. The third-order valence-corrected chi connectivity index (χ3v) is 8.54. The van der Waals surface area contributed by atoms with Gasteiger partial charge in [0.1, 0.15) is 51.2 Å². The monoisotopic (exact) mass is 968 g/mol. The van der Waals surface area contributed by atoms with E-state index in [1.54, 1.807) is 140 Å². The Morgan fingerprint density at radius 1 is 0.507 bits per heavy atom. The van der Waals surface area contributed by atoms with Gasteiger partial charge in [-0.25, -0.2) is 33.8 Å². The lowest BCUT2D eigenvalue weighted by Crippen LogP contribution is -2.53. The molecule has 0 saturated carbocycles. The maximum Gasteiger partial charge on any atom is 0.437 e. The number of benzene rings is 2. The third kappa shape index (κ3) is 23.4. The van der Waals surface area contributed by atoms with Crippen molar-refractivity contribution in [3.8, 4) is 11.5 Å². The van der Waals surface area contributed by atoms with Gasteiger partial charge in [-0.2, -0.15) is 0 Å². The first-order valence-corrected chi connectivity index (χ1v) is 23.0. The molecule has 0 fully saturated rings. The van der Waals surface area contributed by atoms with Crippen molar-refractivity contribution >= 4 is 48.1 Å². The number of nitrogens with zero attached hydrogens (tertiary/aromatic N) is 3. The van der Waals surface area contributed by atoms with E-state index >= 15 is 0 Å². The molecular weight excluding hydrogens is 891 g/mol.